The lowest BCUT2D eigenvalue weighted by molar-refractivity contribution is -0.119. The predicted octanol–water partition coefficient (Wildman–Crippen LogP) is 3.05. The van der Waals surface area contributed by atoms with E-state index in [1.165, 1.54) is 24.4 Å². The molecule has 0 aliphatic heterocycles. The molecule has 1 aliphatic carbocycles. The van der Waals surface area contributed by atoms with E-state index in [0.29, 0.717) is 11.9 Å². The second-order valence-electron chi connectivity index (χ2n) is 5.85. The molecule has 0 atom stereocenters. The van der Waals surface area contributed by atoms with Gasteiger partial charge in [-0.1, -0.05) is 12.1 Å². The Morgan fingerprint density at radius 3 is 2.63 bits per heavy atom. The molecule has 1 aromatic heterocycles. The summed E-state index contributed by atoms with van der Waals surface area (Å²) in [5.41, 5.74) is 0.251. The number of alkyl halides is 2. The molecule has 142 valence electrons. The van der Waals surface area contributed by atoms with Gasteiger partial charge in [-0.05, 0) is 37.1 Å². The Morgan fingerprint density at radius 2 is 1.96 bits per heavy atom. The van der Waals surface area contributed by atoms with Crippen molar-refractivity contribution in [1.29, 1.82) is 0 Å². The van der Waals surface area contributed by atoms with Gasteiger partial charge in [-0.25, -0.2) is 9.78 Å². The summed E-state index contributed by atoms with van der Waals surface area (Å²) in [5, 5.41) is 5.55. The summed E-state index contributed by atoms with van der Waals surface area (Å²) in [4.78, 5) is 28.0. The van der Waals surface area contributed by atoms with Crippen LogP contribution >= 0.6 is 0 Å². The fourth-order valence-corrected chi connectivity index (χ4v) is 2.21. The first-order valence-corrected chi connectivity index (χ1v) is 8.24. The quantitative estimate of drug-likeness (QED) is 0.688. The van der Waals surface area contributed by atoms with Crippen LogP contribution in [-0.4, -0.2) is 36.1 Å². The van der Waals surface area contributed by atoms with E-state index >= 15 is 0 Å². The molecule has 0 spiro atoms. The zero-order valence-electron chi connectivity index (χ0n) is 14.2. The fraction of sp³-hybridized carbons (Fsp3) is 0.278. The van der Waals surface area contributed by atoms with Crippen molar-refractivity contribution < 1.29 is 27.8 Å². The molecule has 1 fully saturated rings. The number of carbonyl (C=O) groups is 2. The molecular formula is C18H17F2N3O4. The molecular weight excluding hydrogens is 360 g/mol. The average molecular weight is 377 g/mol. The molecule has 27 heavy (non-hydrogen) atoms. The van der Waals surface area contributed by atoms with E-state index in [9.17, 15) is 18.4 Å². The first-order chi connectivity index (χ1) is 13.0. The number of nitrogens with zero attached hydrogens (tertiary/aromatic N) is 1. The number of halogens is 2. The number of pyridine rings is 1. The first-order valence-electron chi connectivity index (χ1n) is 8.24. The fourth-order valence-electron chi connectivity index (χ4n) is 2.21. The summed E-state index contributed by atoms with van der Waals surface area (Å²) in [6, 6.07) is 9.36. The number of rotatable bonds is 8. The summed E-state index contributed by atoms with van der Waals surface area (Å²) >= 11 is 0. The Labute approximate surface area is 153 Å². The van der Waals surface area contributed by atoms with Crippen LogP contribution in [0.4, 0.5) is 20.3 Å². The molecule has 9 heteroatoms. The van der Waals surface area contributed by atoms with Crippen LogP contribution in [-0.2, 0) is 9.53 Å². The van der Waals surface area contributed by atoms with Gasteiger partial charge in [0.25, 0.3) is 5.91 Å². The zero-order valence-corrected chi connectivity index (χ0v) is 14.2. The highest BCUT2D eigenvalue weighted by Crippen LogP contribution is 2.25. The number of ether oxygens (including phenoxy) is 2. The van der Waals surface area contributed by atoms with Crippen molar-refractivity contribution in [2.24, 2.45) is 0 Å². The topological polar surface area (TPSA) is 89.6 Å². The van der Waals surface area contributed by atoms with Gasteiger partial charge in [-0.2, -0.15) is 8.78 Å². The molecule has 3 rings (SSSR count). The van der Waals surface area contributed by atoms with Gasteiger partial charge < -0.3 is 20.1 Å². The second-order valence-corrected chi connectivity index (χ2v) is 5.85. The standard InChI is InChI=1S/C18H17F2N3O4/c19-18(20)27-14-4-2-1-3-13(14)23-16(24)10-26-17(25)11-5-8-15(21-9-11)22-12-6-7-12/h1-5,8-9,12,18H,6-7,10H2,(H,21,22)(H,23,24). The minimum atomic E-state index is -3.02. The van der Waals surface area contributed by atoms with Crippen molar-refractivity contribution in [3.8, 4) is 5.75 Å². The van der Waals surface area contributed by atoms with E-state index in [1.54, 1.807) is 18.2 Å². The highest BCUT2D eigenvalue weighted by atomic mass is 19.3. The van der Waals surface area contributed by atoms with Crippen LogP contribution in [0.3, 0.4) is 0 Å². The smallest absolute Gasteiger partial charge is 0.387 e. The monoisotopic (exact) mass is 377 g/mol. The van der Waals surface area contributed by atoms with Gasteiger partial charge in [0.2, 0.25) is 0 Å². The molecule has 2 N–H and O–H groups in total. The Hall–Kier alpha value is -3.23. The van der Waals surface area contributed by atoms with E-state index in [0.717, 1.165) is 12.8 Å². The van der Waals surface area contributed by atoms with Crippen molar-refractivity contribution in [1.82, 2.24) is 4.98 Å². The number of amides is 1. The predicted molar refractivity (Wildman–Crippen MR) is 92.9 cm³/mol. The largest absolute Gasteiger partial charge is 0.452 e. The summed E-state index contributed by atoms with van der Waals surface area (Å²) < 4.78 is 34.0. The van der Waals surface area contributed by atoms with Gasteiger partial charge in [-0.3, -0.25) is 4.79 Å². The average Bonchev–Trinajstić information content (AvgIpc) is 3.45. The molecule has 0 unspecified atom stereocenters. The molecule has 1 aromatic carbocycles. The summed E-state index contributed by atoms with van der Waals surface area (Å²) in [6.07, 6.45) is 3.56. The van der Waals surface area contributed by atoms with Crippen LogP contribution in [0.15, 0.2) is 42.6 Å². The van der Waals surface area contributed by atoms with E-state index in [1.807, 2.05) is 0 Å². The number of carbonyl (C=O) groups excluding carboxylic acids is 2. The Morgan fingerprint density at radius 1 is 1.19 bits per heavy atom. The highest BCUT2D eigenvalue weighted by molar-refractivity contribution is 5.96. The number of para-hydroxylation sites is 2. The molecule has 0 bridgehead atoms. The Kier molecular flexibility index (Phi) is 5.80. The van der Waals surface area contributed by atoms with Crippen LogP contribution in [0.1, 0.15) is 23.2 Å². The molecule has 1 saturated carbocycles. The van der Waals surface area contributed by atoms with Crippen LogP contribution in [0.25, 0.3) is 0 Å². The highest BCUT2D eigenvalue weighted by Gasteiger charge is 2.21. The number of aromatic nitrogens is 1. The van der Waals surface area contributed by atoms with Crippen molar-refractivity contribution in [3.05, 3.63) is 48.2 Å². The van der Waals surface area contributed by atoms with E-state index in [-0.39, 0.29) is 17.0 Å². The second kappa shape index (κ2) is 8.43. The Balaban J connectivity index is 1.50. The van der Waals surface area contributed by atoms with Crippen LogP contribution < -0.4 is 15.4 Å². The normalized spacial score (nSPS) is 13.1. The van der Waals surface area contributed by atoms with E-state index in [4.69, 9.17) is 4.74 Å². The summed E-state index contributed by atoms with van der Waals surface area (Å²) in [5.74, 6) is -0.918. The number of benzene rings is 1. The van der Waals surface area contributed by atoms with Gasteiger partial charge >= 0.3 is 12.6 Å². The lowest BCUT2D eigenvalue weighted by Gasteiger charge is -2.11. The van der Waals surface area contributed by atoms with Crippen molar-refractivity contribution in [3.63, 3.8) is 0 Å². The SMILES string of the molecule is O=C(COC(=O)c1ccc(NC2CC2)nc1)Nc1ccccc1OC(F)F. The molecule has 1 aliphatic rings. The summed E-state index contributed by atoms with van der Waals surface area (Å²) in [6.45, 7) is -3.60. The van der Waals surface area contributed by atoms with Gasteiger partial charge in [-0.15, -0.1) is 0 Å². The molecule has 1 heterocycles. The van der Waals surface area contributed by atoms with Crippen molar-refractivity contribution >= 4 is 23.4 Å². The van der Waals surface area contributed by atoms with E-state index in [2.05, 4.69) is 20.4 Å². The zero-order chi connectivity index (χ0) is 19.2. The van der Waals surface area contributed by atoms with E-state index < -0.39 is 25.1 Å². The number of hydrogen-bond acceptors (Lipinski definition) is 6. The maximum atomic E-state index is 12.4. The number of anilines is 2. The molecule has 7 nitrogen and oxygen atoms in total. The van der Waals surface area contributed by atoms with Crippen LogP contribution in [0.5, 0.6) is 5.75 Å². The van der Waals surface area contributed by atoms with Gasteiger partial charge in [0.1, 0.15) is 11.6 Å². The number of hydrogen-bond donors (Lipinski definition) is 2. The molecule has 1 amide bonds. The molecule has 0 saturated heterocycles. The number of nitrogens with one attached hydrogen (secondary N) is 2. The third-order valence-corrected chi connectivity index (χ3v) is 3.64. The van der Waals surface area contributed by atoms with Gasteiger partial charge in [0, 0.05) is 12.2 Å². The maximum absolute atomic E-state index is 12.4. The third kappa shape index (κ3) is 5.63. The van der Waals surface area contributed by atoms with Gasteiger partial charge in [0.05, 0.1) is 11.3 Å². The minimum absolute atomic E-state index is 0.0519. The lowest BCUT2D eigenvalue weighted by atomic mass is 10.3. The third-order valence-electron chi connectivity index (χ3n) is 3.64. The summed E-state index contributed by atoms with van der Waals surface area (Å²) in [7, 11) is 0. The van der Waals surface area contributed by atoms with Crippen LogP contribution in [0, 0.1) is 0 Å². The maximum Gasteiger partial charge on any atom is 0.387 e. The van der Waals surface area contributed by atoms with Crippen LogP contribution in [0.2, 0.25) is 0 Å². The van der Waals surface area contributed by atoms with Gasteiger partial charge in [0.15, 0.2) is 6.61 Å². The molecule has 2 aromatic rings. The number of esters is 1. The first kappa shape index (κ1) is 18.6. The lowest BCUT2D eigenvalue weighted by Crippen LogP contribution is -2.21. The van der Waals surface area contributed by atoms with Crippen molar-refractivity contribution in [2.75, 3.05) is 17.2 Å². The molecule has 0 radical (unpaired) electrons. The minimum Gasteiger partial charge on any atom is -0.452 e. The Bertz CT molecular complexity index is 811. The van der Waals surface area contributed by atoms with Crippen molar-refractivity contribution in [2.45, 2.75) is 25.5 Å².